The average molecular weight is 300 g/mol. The molecule has 1 aliphatic rings. The van der Waals surface area contributed by atoms with Crippen molar-refractivity contribution in [1.82, 2.24) is 0 Å². The van der Waals surface area contributed by atoms with Crippen LogP contribution in [-0.4, -0.2) is 23.4 Å². The van der Waals surface area contributed by atoms with Gasteiger partial charge in [-0.2, -0.15) is 0 Å². The molecule has 1 heterocycles. The summed E-state index contributed by atoms with van der Waals surface area (Å²) in [6, 6.07) is 2.52. The van der Waals surface area contributed by atoms with Crippen LogP contribution in [0.3, 0.4) is 0 Å². The van der Waals surface area contributed by atoms with E-state index >= 15 is 0 Å². The minimum absolute atomic E-state index is 0.00327. The van der Waals surface area contributed by atoms with Crippen LogP contribution in [0.2, 0.25) is 0 Å². The zero-order chi connectivity index (χ0) is 12.7. The molecule has 7 heteroatoms. The predicted molar refractivity (Wildman–Crippen MR) is 65.9 cm³/mol. The third kappa shape index (κ3) is 1.91. The molecule has 0 spiro atoms. The maximum Gasteiger partial charge on any atom is 0.274 e. The van der Waals surface area contributed by atoms with Crippen LogP contribution >= 0.6 is 15.9 Å². The van der Waals surface area contributed by atoms with Gasteiger partial charge in [-0.1, -0.05) is 0 Å². The zero-order valence-electron chi connectivity index (χ0n) is 9.01. The molecule has 1 atom stereocenters. The van der Waals surface area contributed by atoms with Crippen molar-refractivity contribution in [2.45, 2.75) is 13.0 Å². The Hall–Kier alpha value is -1.47. The van der Waals surface area contributed by atoms with E-state index < -0.39 is 11.0 Å². The fourth-order valence-electron chi connectivity index (χ4n) is 1.72. The molecule has 6 nitrogen and oxygen atoms in total. The summed E-state index contributed by atoms with van der Waals surface area (Å²) in [4.78, 5) is 23.3. The van der Waals surface area contributed by atoms with E-state index in [4.69, 9.17) is 5.73 Å². The Kier molecular flexibility index (Phi) is 2.88. The Morgan fingerprint density at radius 2 is 2.24 bits per heavy atom. The van der Waals surface area contributed by atoms with E-state index in [-0.39, 0.29) is 11.6 Å². The summed E-state index contributed by atoms with van der Waals surface area (Å²) in [7, 11) is 0. The molecule has 1 unspecified atom stereocenters. The van der Waals surface area contributed by atoms with Gasteiger partial charge in [0.15, 0.2) is 0 Å². The number of hydrogen-bond donors (Lipinski definition) is 1. The largest absolute Gasteiger partial charge is 0.318 e. The molecule has 0 bridgehead atoms. The number of benzene rings is 1. The number of anilines is 1. The average Bonchev–Trinajstić information content (AvgIpc) is 2.26. The molecule has 0 aromatic heterocycles. The van der Waals surface area contributed by atoms with Gasteiger partial charge in [-0.05, 0) is 28.9 Å². The number of rotatable bonds is 2. The summed E-state index contributed by atoms with van der Waals surface area (Å²) >= 11 is 3.30. The second-order valence-electron chi connectivity index (χ2n) is 3.90. The van der Waals surface area contributed by atoms with Crippen LogP contribution in [0.1, 0.15) is 5.56 Å². The standard InChI is InChI=1S/C10H10BrN3O3/c1-5-2-6(11)9(3-8(5)14(16)17)13-4-7(12)10(13)15/h2-3,7H,4,12H2,1H3. The third-order valence-corrected chi connectivity index (χ3v) is 3.35. The summed E-state index contributed by atoms with van der Waals surface area (Å²) in [5.74, 6) is -0.219. The van der Waals surface area contributed by atoms with Crippen LogP contribution in [0.25, 0.3) is 0 Å². The fraction of sp³-hybridized carbons (Fsp3) is 0.300. The number of amides is 1. The lowest BCUT2D eigenvalue weighted by Crippen LogP contribution is -2.61. The maximum atomic E-state index is 11.5. The molecule has 0 saturated carbocycles. The predicted octanol–water partition coefficient (Wildman–Crippen LogP) is 1.34. The molecule has 1 saturated heterocycles. The quantitative estimate of drug-likeness (QED) is 0.507. The minimum Gasteiger partial charge on any atom is -0.318 e. The first-order valence-electron chi connectivity index (χ1n) is 4.93. The van der Waals surface area contributed by atoms with E-state index in [0.29, 0.717) is 22.3 Å². The number of nitro groups is 1. The molecule has 0 radical (unpaired) electrons. The van der Waals surface area contributed by atoms with Crippen LogP contribution in [0.5, 0.6) is 0 Å². The molecule has 1 aromatic carbocycles. The van der Waals surface area contributed by atoms with Gasteiger partial charge in [-0.3, -0.25) is 14.9 Å². The minimum atomic E-state index is -0.498. The van der Waals surface area contributed by atoms with E-state index in [2.05, 4.69) is 15.9 Å². The van der Waals surface area contributed by atoms with Gasteiger partial charge in [0.1, 0.15) is 6.04 Å². The first-order valence-corrected chi connectivity index (χ1v) is 5.72. The van der Waals surface area contributed by atoms with Crippen molar-refractivity contribution in [3.8, 4) is 0 Å². The monoisotopic (exact) mass is 299 g/mol. The van der Waals surface area contributed by atoms with Gasteiger partial charge in [0.25, 0.3) is 5.69 Å². The Morgan fingerprint density at radius 1 is 1.59 bits per heavy atom. The van der Waals surface area contributed by atoms with E-state index in [0.717, 1.165) is 0 Å². The van der Waals surface area contributed by atoms with Gasteiger partial charge in [0, 0.05) is 16.1 Å². The van der Waals surface area contributed by atoms with Gasteiger partial charge in [-0.15, -0.1) is 0 Å². The highest BCUT2D eigenvalue weighted by molar-refractivity contribution is 9.10. The molecule has 90 valence electrons. The van der Waals surface area contributed by atoms with Crippen molar-refractivity contribution in [2.24, 2.45) is 5.73 Å². The fourth-order valence-corrected chi connectivity index (χ4v) is 2.40. The van der Waals surface area contributed by atoms with E-state index in [1.54, 1.807) is 13.0 Å². The molecular weight excluding hydrogens is 290 g/mol. The van der Waals surface area contributed by atoms with E-state index in [1.807, 2.05) is 0 Å². The first-order chi connectivity index (χ1) is 7.91. The van der Waals surface area contributed by atoms with Gasteiger partial charge in [-0.25, -0.2) is 0 Å². The van der Waals surface area contributed by atoms with Crippen molar-refractivity contribution in [3.05, 3.63) is 32.3 Å². The highest BCUT2D eigenvalue weighted by atomic mass is 79.9. The lowest BCUT2D eigenvalue weighted by Gasteiger charge is -2.36. The van der Waals surface area contributed by atoms with Crippen molar-refractivity contribution in [3.63, 3.8) is 0 Å². The second-order valence-corrected chi connectivity index (χ2v) is 4.76. The number of β-lactam (4-membered cyclic amide) rings is 1. The SMILES string of the molecule is Cc1cc(Br)c(N2CC(N)C2=O)cc1[N+](=O)[O-]. The van der Waals surface area contributed by atoms with Gasteiger partial charge < -0.3 is 10.6 Å². The molecule has 2 rings (SSSR count). The summed E-state index contributed by atoms with van der Waals surface area (Å²) in [5.41, 5.74) is 6.52. The highest BCUT2D eigenvalue weighted by Crippen LogP contribution is 2.35. The van der Waals surface area contributed by atoms with Crippen LogP contribution in [0, 0.1) is 17.0 Å². The van der Waals surface area contributed by atoms with Crippen LogP contribution in [0.15, 0.2) is 16.6 Å². The summed E-state index contributed by atoms with van der Waals surface area (Å²) in [6.45, 7) is 2.04. The topological polar surface area (TPSA) is 89.5 Å². The third-order valence-electron chi connectivity index (χ3n) is 2.72. The van der Waals surface area contributed by atoms with Gasteiger partial charge in [0.05, 0.1) is 17.2 Å². The number of hydrogen-bond acceptors (Lipinski definition) is 4. The molecule has 1 amide bonds. The van der Waals surface area contributed by atoms with Crippen molar-refractivity contribution < 1.29 is 9.72 Å². The Labute approximate surface area is 106 Å². The molecule has 1 aliphatic heterocycles. The van der Waals surface area contributed by atoms with Crippen LogP contribution in [-0.2, 0) is 4.79 Å². The van der Waals surface area contributed by atoms with Crippen molar-refractivity contribution in [2.75, 3.05) is 11.4 Å². The van der Waals surface area contributed by atoms with Crippen LogP contribution in [0.4, 0.5) is 11.4 Å². The number of carbonyl (C=O) groups is 1. The molecule has 1 fully saturated rings. The number of nitrogens with two attached hydrogens (primary N) is 1. The molecular formula is C10H10BrN3O3. The number of halogens is 1. The molecule has 0 aliphatic carbocycles. The Balaban J connectivity index is 2.44. The van der Waals surface area contributed by atoms with Crippen molar-refractivity contribution >= 4 is 33.2 Å². The van der Waals surface area contributed by atoms with E-state index in [1.165, 1.54) is 11.0 Å². The van der Waals surface area contributed by atoms with E-state index in [9.17, 15) is 14.9 Å². The molecule has 17 heavy (non-hydrogen) atoms. The smallest absolute Gasteiger partial charge is 0.274 e. The van der Waals surface area contributed by atoms with Gasteiger partial charge >= 0.3 is 0 Å². The number of nitro benzene ring substituents is 1. The maximum absolute atomic E-state index is 11.5. The van der Waals surface area contributed by atoms with Gasteiger partial charge in [0.2, 0.25) is 5.91 Å². The molecule has 1 aromatic rings. The second kappa shape index (κ2) is 4.08. The van der Waals surface area contributed by atoms with Crippen molar-refractivity contribution in [1.29, 1.82) is 0 Å². The first kappa shape index (κ1) is 12.0. The highest BCUT2D eigenvalue weighted by Gasteiger charge is 2.36. The number of nitrogens with zero attached hydrogens (tertiary/aromatic N) is 2. The lowest BCUT2D eigenvalue weighted by molar-refractivity contribution is -0.385. The number of carbonyl (C=O) groups excluding carboxylic acids is 1. The normalized spacial score (nSPS) is 19.1. The lowest BCUT2D eigenvalue weighted by atomic mass is 10.1. The summed E-state index contributed by atoms with van der Waals surface area (Å²) in [6.07, 6.45) is 0. The summed E-state index contributed by atoms with van der Waals surface area (Å²) < 4.78 is 0.654. The molecule has 2 N–H and O–H groups in total. The van der Waals surface area contributed by atoms with Crippen LogP contribution < -0.4 is 10.6 Å². The Morgan fingerprint density at radius 3 is 2.71 bits per heavy atom. The Bertz CT molecular complexity index is 518. The summed E-state index contributed by atoms with van der Waals surface area (Å²) in [5, 5.41) is 10.8. The number of aryl methyl sites for hydroxylation is 1. The zero-order valence-corrected chi connectivity index (χ0v) is 10.6.